The van der Waals surface area contributed by atoms with E-state index in [4.69, 9.17) is 0 Å². The van der Waals surface area contributed by atoms with Crippen molar-refractivity contribution < 1.29 is 4.79 Å². The monoisotopic (exact) mass is 327 g/mol. The molecular formula is C18H21N3OS. The SMILES string of the molecule is CCn1c(-c2nc(C(=O)NCC(C)C)cs2)cc2ccccc21. The van der Waals surface area contributed by atoms with E-state index in [1.54, 1.807) is 0 Å². The van der Waals surface area contributed by atoms with E-state index in [-0.39, 0.29) is 5.91 Å². The van der Waals surface area contributed by atoms with Gasteiger partial charge in [-0.3, -0.25) is 4.79 Å². The summed E-state index contributed by atoms with van der Waals surface area (Å²) in [6.07, 6.45) is 0. The minimum atomic E-state index is -0.0969. The molecule has 2 heterocycles. The molecule has 0 aliphatic carbocycles. The van der Waals surface area contributed by atoms with Gasteiger partial charge in [0.15, 0.2) is 0 Å². The van der Waals surface area contributed by atoms with Crippen molar-refractivity contribution in [2.75, 3.05) is 6.54 Å². The molecule has 0 radical (unpaired) electrons. The molecule has 0 atom stereocenters. The van der Waals surface area contributed by atoms with Crippen LogP contribution in [-0.2, 0) is 6.54 Å². The second-order valence-corrected chi connectivity index (χ2v) is 6.83. The number of hydrogen-bond donors (Lipinski definition) is 1. The molecule has 0 spiro atoms. The van der Waals surface area contributed by atoms with E-state index in [1.165, 1.54) is 22.2 Å². The molecule has 1 N–H and O–H groups in total. The molecule has 3 rings (SSSR count). The number of aryl methyl sites for hydroxylation is 1. The lowest BCUT2D eigenvalue weighted by molar-refractivity contribution is 0.0945. The maximum Gasteiger partial charge on any atom is 0.270 e. The first-order valence-corrected chi connectivity index (χ1v) is 8.80. The third kappa shape index (κ3) is 3.15. The maximum absolute atomic E-state index is 12.1. The van der Waals surface area contributed by atoms with E-state index >= 15 is 0 Å². The average Bonchev–Trinajstić information content (AvgIpc) is 3.16. The Morgan fingerprint density at radius 2 is 2.13 bits per heavy atom. The zero-order chi connectivity index (χ0) is 16.4. The molecule has 0 aliphatic heterocycles. The van der Waals surface area contributed by atoms with Crippen LogP contribution in [0.1, 0.15) is 31.3 Å². The van der Waals surface area contributed by atoms with Gasteiger partial charge in [-0.25, -0.2) is 4.98 Å². The maximum atomic E-state index is 12.1. The van der Waals surface area contributed by atoms with Crippen molar-refractivity contribution in [3.8, 4) is 10.7 Å². The molecule has 0 fully saturated rings. The quantitative estimate of drug-likeness (QED) is 0.764. The minimum Gasteiger partial charge on any atom is -0.350 e. The van der Waals surface area contributed by atoms with Gasteiger partial charge in [0.25, 0.3) is 5.91 Å². The summed E-state index contributed by atoms with van der Waals surface area (Å²) in [6.45, 7) is 7.82. The number of para-hydroxylation sites is 1. The molecule has 4 nitrogen and oxygen atoms in total. The van der Waals surface area contributed by atoms with Gasteiger partial charge in [0, 0.05) is 29.4 Å². The number of thiazole rings is 1. The molecule has 0 saturated heterocycles. The van der Waals surface area contributed by atoms with Gasteiger partial charge in [0.2, 0.25) is 0 Å². The van der Waals surface area contributed by atoms with Gasteiger partial charge in [0.05, 0.1) is 5.69 Å². The predicted molar refractivity (Wildman–Crippen MR) is 95.9 cm³/mol. The third-order valence-corrected chi connectivity index (χ3v) is 4.62. The van der Waals surface area contributed by atoms with Gasteiger partial charge in [-0.05, 0) is 25.0 Å². The summed E-state index contributed by atoms with van der Waals surface area (Å²) in [5.74, 6) is 0.333. The topological polar surface area (TPSA) is 46.9 Å². The van der Waals surface area contributed by atoms with Gasteiger partial charge < -0.3 is 9.88 Å². The Morgan fingerprint density at radius 1 is 1.35 bits per heavy atom. The molecule has 120 valence electrons. The highest BCUT2D eigenvalue weighted by Crippen LogP contribution is 2.30. The van der Waals surface area contributed by atoms with Gasteiger partial charge >= 0.3 is 0 Å². The molecule has 0 aliphatic rings. The number of rotatable bonds is 5. The lowest BCUT2D eigenvalue weighted by Gasteiger charge is -2.06. The van der Waals surface area contributed by atoms with Gasteiger partial charge in [-0.15, -0.1) is 11.3 Å². The summed E-state index contributed by atoms with van der Waals surface area (Å²) >= 11 is 1.52. The van der Waals surface area contributed by atoms with E-state index in [9.17, 15) is 4.79 Å². The number of nitrogens with one attached hydrogen (secondary N) is 1. The first kappa shape index (κ1) is 15.7. The summed E-state index contributed by atoms with van der Waals surface area (Å²) in [6, 6.07) is 10.5. The molecule has 0 bridgehead atoms. The number of amides is 1. The van der Waals surface area contributed by atoms with E-state index in [0.29, 0.717) is 18.2 Å². The highest BCUT2D eigenvalue weighted by molar-refractivity contribution is 7.13. The summed E-state index contributed by atoms with van der Waals surface area (Å²) in [5, 5.41) is 6.84. The fourth-order valence-electron chi connectivity index (χ4n) is 2.61. The van der Waals surface area contributed by atoms with Crippen LogP contribution in [0.3, 0.4) is 0 Å². The zero-order valence-electron chi connectivity index (χ0n) is 13.7. The Bertz CT molecular complexity index is 832. The Labute approximate surface area is 140 Å². The number of benzene rings is 1. The number of carbonyl (C=O) groups is 1. The average molecular weight is 327 g/mol. The Hall–Kier alpha value is -2.14. The van der Waals surface area contributed by atoms with Crippen LogP contribution in [0.25, 0.3) is 21.6 Å². The molecule has 1 aromatic carbocycles. The highest BCUT2D eigenvalue weighted by Gasteiger charge is 2.15. The van der Waals surface area contributed by atoms with Crippen molar-refractivity contribution in [3.63, 3.8) is 0 Å². The summed E-state index contributed by atoms with van der Waals surface area (Å²) in [7, 11) is 0. The molecule has 1 amide bonds. The predicted octanol–water partition coefficient (Wildman–Crippen LogP) is 4.17. The smallest absolute Gasteiger partial charge is 0.270 e. The first-order chi connectivity index (χ1) is 11.1. The van der Waals surface area contributed by atoms with Gasteiger partial charge in [-0.1, -0.05) is 32.0 Å². The lowest BCUT2D eigenvalue weighted by atomic mass is 10.2. The second-order valence-electron chi connectivity index (χ2n) is 5.97. The van der Waals surface area contributed by atoms with E-state index in [2.05, 4.69) is 53.8 Å². The van der Waals surface area contributed by atoms with Crippen molar-refractivity contribution in [1.29, 1.82) is 0 Å². The van der Waals surface area contributed by atoms with Crippen LogP contribution in [0.2, 0.25) is 0 Å². The number of fused-ring (bicyclic) bond motifs is 1. The van der Waals surface area contributed by atoms with Crippen molar-refractivity contribution in [3.05, 3.63) is 41.4 Å². The van der Waals surface area contributed by atoms with E-state index in [1.807, 2.05) is 17.5 Å². The number of hydrogen-bond acceptors (Lipinski definition) is 3. The van der Waals surface area contributed by atoms with Crippen LogP contribution >= 0.6 is 11.3 Å². The van der Waals surface area contributed by atoms with E-state index < -0.39 is 0 Å². The van der Waals surface area contributed by atoms with Crippen LogP contribution in [0, 0.1) is 5.92 Å². The van der Waals surface area contributed by atoms with Crippen LogP contribution in [0.5, 0.6) is 0 Å². The fraction of sp³-hybridized carbons (Fsp3) is 0.333. The van der Waals surface area contributed by atoms with Gasteiger partial charge in [0.1, 0.15) is 10.7 Å². The van der Waals surface area contributed by atoms with E-state index in [0.717, 1.165) is 17.2 Å². The molecule has 23 heavy (non-hydrogen) atoms. The molecule has 0 saturated carbocycles. The summed E-state index contributed by atoms with van der Waals surface area (Å²) in [4.78, 5) is 16.7. The Morgan fingerprint density at radius 3 is 2.87 bits per heavy atom. The molecule has 0 unspecified atom stereocenters. The largest absolute Gasteiger partial charge is 0.350 e. The molecular weight excluding hydrogens is 306 g/mol. The van der Waals surface area contributed by atoms with Crippen molar-refractivity contribution in [2.24, 2.45) is 5.92 Å². The van der Waals surface area contributed by atoms with Crippen LogP contribution in [-0.4, -0.2) is 22.0 Å². The van der Waals surface area contributed by atoms with Crippen molar-refractivity contribution in [1.82, 2.24) is 14.9 Å². The standard InChI is InChI=1S/C18H21N3OS/c1-4-21-15-8-6-5-7-13(15)9-16(21)18-20-14(11-23-18)17(22)19-10-12(2)3/h5-9,11-12H,4,10H2,1-3H3,(H,19,22). The number of carbonyl (C=O) groups excluding carboxylic acids is 1. The fourth-order valence-corrected chi connectivity index (χ4v) is 3.44. The second kappa shape index (κ2) is 6.54. The molecule has 2 aromatic heterocycles. The normalized spacial score (nSPS) is 11.3. The van der Waals surface area contributed by atoms with Crippen LogP contribution in [0.4, 0.5) is 0 Å². The number of aromatic nitrogens is 2. The number of nitrogens with zero attached hydrogens (tertiary/aromatic N) is 2. The third-order valence-electron chi connectivity index (χ3n) is 3.75. The summed E-state index contributed by atoms with van der Waals surface area (Å²) in [5.41, 5.74) is 2.77. The van der Waals surface area contributed by atoms with Crippen molar-refractivity contribution in [2.45, 2.75) is 27.3 Å². The lowest BCUT2D eigenvalue weighted by Crippen LogP contribution is -2.27. The van der Waals surface area contributed by atoms with Crippen LogP contribution in [0.15, 0.2) is 35.7 Å². The minimum absolute atomic E-state index is 0.0969. The van der Waals surface area contributed by atoms with Gasteiger partial charge in [-0.2, -0.15) is 0 Å². The van der Waals surface area contributed by atoms with Crippen molar-refractivity contribution >= 4 is 28.1 Å². The highest BCUT2D eigenvalue weighted by atomic mass is 32.1. The molecule has 5 heteroatoms. The van der Waals surface area contributed by atoms with Crippen LogP contribution < -0.4 is 5.32 Å². The summed E-state index contributed by atoms with van der Waals surface area (Å²) < 4.78 is 2.24. The Kier molecular flexibility index (Phi) is 4.48. The zero-order valence-corrected chi connectivity index (χ0v) is 14.5. The molecule has 3 aromatic rings. The Balaban J connectivity index is 1.93. The first-order valence-electron chi connectivity index (χ1n) is 7.92.